The Bertz CT molecular complexity index is 373. The van der Waals surface area contributed by atoms with E-state index in [0.29, 0.717) is 13.2 Å². The molecular formula is C17H35NaO6S. The van der Waals surface area contributed by atoms with Gasteiger partial charge in [0.15, 0.2) is 5.79 Å². The van der Waals surface area contributed by atoms with Crippen molar-refractivity contribution in [2.24, 2.45) is 0 Å². The topological polar surface area (TPSA) is 84.9 Å². The first-order chi connectivity index (χ1) is 11.3. The maximum absolute atomic E-state index is 10.7. The Morgan fingerprint density at radius 2 is 1.20 bits per heavy atom. The van der Waals surface area contributed by atoms with Gasteiger partial charge in [0.25, 0.3) is 0 Å². The van der Waals surface area contributed by atoms with Crippen LogP contribution < -0.4 is 29.6 Å². The maximum atomic E-state index is 10.7. The number of hydrogen-bond donors (Lipinski definition) is 0. The zero-order valence-electron chi connectivity index (χ0n) is 16.6. The normalized spacial score (nSPS) is 12.2. The minimum atomic E-state index is -4.75. The molecule has 146 valence electrons. The van der Waals surface area contributed by atoms with Crippen LogP contribution in [0.3, 0.4) is 0 Å². The first-order valence-corrected chi connectivity index (χ1v) is 10.5. The van der Waals surface area contributed by atoms with Crippen LogP contribution in [0.4, 0.5) is 0 Å². The predicted octanol–water partition coefficient (Wildman–Crippen LogP) is 1.16. The molecule has 0 radical (unpaired) electrons. The predicted molar refractivity (Wildman–Crippen MR) is 93.5 cm³/mol. The number of hydrogen-bond acceptors (Lipinski definition) is 6. The van der Waals surface area contributed by atoms with E-state index in [1.807, 2.05) is 0 Å². The van der Waals surface area contributed by atoms with Crippen LogP contribution in [0.5, 0.6) is 0 Å². The van der Waals surface area contributed by atoms with Crippen molar-refractivity contribution in [2.75, 3.05) is 19.8 Å². The summed E-state index contributed by atoms with van der Waals surface area (Å²) in [5.74, 6) is -1.20. The van der Waals surface area contributed by atoms with Crippen molar-refractivity contribution in [2.45, 2.75) is 90.8 Å². The maximum Gasteiger partial charge on any atom is 1.00 e. The van der Waals surface area contributed by atoms with Gasteiger partial charge in [-0.15, -0.1) is 0 Å². The molecule has 25 heavy (non-hydrogen) atoms. The average molecular weight is 391 g/mol. The van der Waals surface area contributed by atoms with Crippen molar-refractivity contribution < 1.29 is 56.2 Å². The Labute approximate surface area is 176 Å². The quantitative estimate of drug-likeness (QED) is 0.122. The molecule has 0 aliphatic carbocycles. The minimum absolute atomic E-state index is 0. The Kier molecular flexibility index (Phi) is 19.0. The van der Waals surface area contributed by atoms with Crippen molar-refractivity contribution in [3.63, 3.8) is 0 Å². The van der Waals surface area contributed by atoms with Crippen LogP contribution in [-0.2, 0) is 24.1 Å². The summed E-state index contributed by atoms with van der Waals surface area (Å²) in [6, 6.07) is 0. The summed E-state index contributed by atoms with van der Waals surface area (Å²) in [5, 5.41) is 0. The Hall–Kier alpha value is 0.790. The minimum Gasteiger partial charge on any atom is -0.726 e. The van der Waals surface area contributed by atoms with Gasteiger partial charge in [-0.05, 0) is 19.8 Å². The largest absolute Gasteiger partial charge is 1.00 e. The first-order valence-electron chi connectivity index (χ1n) is 9.21. The summed E-state index contributed by atoms with van der Waals surface area (Å²) < 4.78 is 47.8. The third-order valence-electron chi connectivity index (χ3n) is 3.78. The SMILES string of the molecule is CCCCCCCOC(C)(COS(=O)(=O)[O-])OCCCCCCC.[Na+]. The zero-order valence-corrected chi connectivity index (χ0v) is 19.4. The molecule has 0 atom stereocenters. The first kappa shape index (κ1) is 28.0. The van der Waals surface area contributed by atoms with E-state index in [1.165, 1.54) is 25.7 Å². The second-order valence-corrected chi connectivity index (χ2v) is 7.38. The molecule has 0 heterocycles. The van der Waals surface area contributed by atoms with Gasteiger partial charge >= 0.3 is 29.6 Å². The standard InChI is InChI=1S/C17H36O6S.Na/c1-4-6-8-10-12-14-21-17(3,16-23-24(18,19)20)22-15-13-11-9-7-5-2;/h4-16H2,1-3H3,(H,18,19,20);/q;+1/p-1. The second-order valence-electron chi connectivity index (χ2n) is 6.33. The summed E-state index contributed by atoms with van der Waals surface area (Å²) in [4.78, 5) is 0. The Morgan fingerprint density at radius 1 is 0.800 bits per heavy atom. The number of unbranched alkanes of at least 4 members (excludes halogenated alkanes) is 8. The smallest absolute Gasteiger partial charge is 0.726 e. The molecule has 0 aromatic carbocycles. The molecule has 0 rings (SSSR count). The fourth-order valence-corrected chi connectivity index (χ4v) is 2.65. The molecular weight excluding hydrogens is 355 g/mol. The van der Waals surface area contributed by atoms with Crippen LogP contribution in [0.15, 0.2) is 0 Å². The third-order valence-corrected chi connectivity index (χ3v) is 4.18. The summed E-state index contributed by atoms with van der Waals surface area (Å²) in [6.45, 7) is 6.43. The zero-order chi connectivity index (χ0) is 18.3. The van der Waals surface area contributed by atoms with Gasteiger partial charge in [0.1, 0.15) is 6.61 Å². The molecule has 0 saturated heterocycles. The van der Waals surface area contributed by atoms with Crippen molar-refractivity contribution in [3.05, 3.63) is 0 Å². The average Bonchev–Trinajstić information content (AvgIpc) is 2.52. The molecule has 8 heteroatoms. The van der Waals surface area contributed by atoms with Crippen LogP contribution in [0.2, 0.25) is 0 Å². The summed E-state index contributed by atoms with van der Waals surface area (Å²) >= 11 is 0. The number of ether oxygens (including phenoxy) is 2. The summed E-state index contributed by atoms with van der Waals surface area (Å²) in [5.41, 5.74) is 0. The van der Waals surface area contributed by atoms with E-state index in [0.717, 1.165) is 38.5 Å². The van der Waals surface area contributed by atoms with Gasteiger partial charge in [0, 0.05) is 0 Å². The van der Waals surface area contributed by atoms with E-state index in [-0.39, 0.29) is 29.6 Å². The van der Waals surface area contributed by atoms with E-state index in [2.05, 4.69) is 18.0 Å². The summed E-state index contributed by atoms with van der Waals surface area (Å²) in [7, 11) is -4.75. The van der Waals surface area contributed by atoms with E-state index in [1.54, 1.807) is 6.92 Å². The third kappa shape index (κ3) is 19.4. The second kappa shape index (κ2) is 16.9. The van der Waals surface area contributed by atoms with Gasteiger partial charge in [0.2, 0.25) is 10.4 Å². The Morgan fingerprint density at radius 3 is 1.56 bits per heavy atom. The monoisotopic (exact) mass is 390 g/mol. The molecule has 0 aliphatic heterocycles. The molecule has 0 spiro atoms. The van der Waals surface area contributed by atoms with Gasteiger partial charge < -0.3 is 14.0 Å². The van der Waals surface area contributed by atoms with E-state index < -0.39 is 22.8 Å². The molecule has 6 nitrogen and oxygen atoms in total. The molecule has 0 unspecified atom stereocenters. The van der Waals surface area contributed by atoms with Gasteiger partial charge in [-0.25, -0.2) is 8.42 Å². The van der Waals surface area contributed by atoms with Crippen molar-refractivity contribution in [3.8, 4) is 0 Å². The molecule has 0 bridgehead atoms. The molecule has 0 aromatic heterocycles. The van der Waals surface area contributed by atoms with Gasteiger partial charge in [-0.2, -0.15) is 0 Å². The van der Waals surface area contributed by atoms with Crippen molar-refractivity contribution in [1.29, 1.82) is 0 Å². The number of rotatable bonds is 17. The van der Waals surface area contributed by atoms with Crippen molar-refractivity contribution >= 4 is 10.4 Å². The van der Waals surface area contributed by atoms with E-state index in [9.17, 15) is 13.0 Å². The van der Waals surface area contributed by atoms with Gasteiger partial charge in [0.05, 0.1) is 13.2 Å². The van der Waals surface area contributed by atoms with Gasteiger partial charge in [-0.1, -0.05) is 65.2 Å². The molecule has 0 amide bonds. The van der Waals surface area contributed by atoms with E-state index in [4.69, 9.17) is 9.47 Å². The van der Waals surface area contributed by atoms with Crippen molar-refractivity contribution in [1.82, 2.24) is 0 Å². The van der Waals surface area contributed by atoms with Crippen LogP contribution in [0, 0.1) is 0 Å². The van der Waals surface area contributed by atoms with Crippen LogP contribution in [0.25, 0.3) is 0 Å². The van der Waals surface area contributed by atoms with E-state index >= 15 is 0 Å². The molecule has 0 aliphatic rings. The molecule has 0 fully saturated rings. The molecule has 0 saturated carbocycles. The van der Waals surface area contributed by atoms with Crippen LogP contribution in [-0.4, -0.2) is 38.6 Å². The van der Waals surface area contributed by atoms with Crippen LogP contribution >= 0.6 is 0 Å². The van der Waals surface area contributed by atoms with Crippen LogP contribution in [0.1, 0.15) is 85.0 Å². The molecule has 0 aromatic rings. The summed E-state index contributed by atoms with van der Waals surface area (Å²) in [6.07, 6.45) is 10.9. The fourth-order valence-electron chi connectivity index (χ4n) is 2.29. The fraction of sp³-hybridized carbons (Fsp3) is 1.00. The van der Waals surface area contributed by atoms with Gasteiger partial charge in [-0.3, -0.25) is 4.18 Å². The molecule has 0 N–H and O–H groups in total. The Balaban J connectivity index is 0.